The van der Waals surface area contributed by atoms with Crippen LogP contribution >= 0.6 is 0 Å². The molecule has 5 rings (SSSR count). The minimum atomic E-state index is -0.160. The van der Waals surface area contributed by atoms with Crippen LogP contribution in [0.5, 0.6) is 5.75 Å². The van der Waals surface area contributed by atoms with Crippen LogP contribution in [0, 0.1) is 0 Å². The van der Waals surface area contributed by atoms with Crippen molar-refractivity contribution in [1.29, 1.82) is 0 Å². The van der Waals surface area contributed by atoms with E-state index in [0.717, 1.165) is 22.8 Å². The van der Waals surface area contributed by atoms with Crippen molar-refractivity contribution in [1.82, 2.24) is 29.3 Å². The number of carbonyl (C=O) groups is 1. The van der Waals surface area contributed by atoms with E-state index in [0.29, 0.717) is 30.9 Å². The van der Waals surface area contributed by atoms with E-state index in [-0.39, 0.29) is 5.91 Å². The Labute approximate surface area is 178 Å². The van der Waals surface area contributed by atoms with Crippen molar-refractivity contribution in [2.45, 2.75) is 13.0 Å². The second-order valence-electron chi connectivity index (χ2n) is 7.07. The lowest BCUT2D eigenvalue weighted by atomic mass is 10.2. The average Bonchev–Trinajstić information content (AvgIpc) is 3.42. The number of fused-ring (bicyclic) bond motifs is 2. The number of imidazole rings is 1. The van der Waals surface area contributed by atoms with Gasteiger partial charge in [0.25, 0.3) is 5.91 Å². The zero-order valence-electron chi connectivity index (χ0n) is 16.7. The first-order valence-corrected chi connectivity index (χ1v) is 9.98. The maximum absolute atomic E-state index is 12.6. The number of ether oxygens (including phenoxy) is 1. The molecule has 0 unspecified atom stereocenters. The van der Waals surface area contributed by atoms with Crippen LogP contribution in [0.4, 0.5) is 0 Å². The van der Waals surface area contributed by atoms with Crippen LogP contribution in [0.15, 0.2) is 79.3 Å². The third kappa shape index (κ3) is 4.09. The van der Waals surface area contributed by atoms with Crippen LogP contribution < -0.4 is 10.1 Å². The molecule has 0 spiro atoms. The summed E-state index contributed by atoms with van der Waals surface area (Å²) in [6, 6.07) is 18.7. The maximum atomic E-state index is 12.6. The Morgan fingerprint density at radius 2 is 1.84 bits per heavy atom. The van der Waals surface area contributed by atoms with Gasteiger partial charge in [0.1, 0.15) is 23.8 Å². The molecule has 1 aromatic carbocycles. The lowest BCUT2D eigenvalue weighted by molar-refractivity contribution is 0.0953. The quantitative estimate of drug-likeness (QED) is 0.444. The van der Waals surface area contributed by atoms with Gasteiger partial charge in [-0.1, -0.05) is 18.2 Å². The third-order valence-electron chi connectivity index (χ3n) is 4.92. The molecular formula is C23H20N6O2. The van der Waals surface area contributed by atoms with Gasteiger partial charge in [-0.05, 0) is 42.5 Å². The monoisotopic (exact) mass is 412 g/mol. The standard InChI is InChI=1S/C23H20N6O2/c30-23(24-11-10-22-27-26-21-9-2-4-13-29(21)22)17-6-5-7-19(14-17)31-16-18-15-28-12-3-1-8-20(28)25-18/h1-9,12-15H,10-11,16H2,(H,24,30). The highest BCUT2D eigenvalue weighted by Gasteiger charge is 2.09. The average molecular weight is 412 g/mol. The molecule has 4 heterocycles. The van der Waals surface area contributed by atoms with E-state index in [1.54, 1.807) is 18.2 Å². The van der Waals surface area contributed by atoms with E-state index in [1.807, 2.05) is 69.9 Å². The zero-order valence-corrected chi connectivity index (χ0v) is 16.7. The largest absolute Gasteiger partial charge is 0.487 e. The molecule has 0 bridgehead atoms. The number of benzene rings is 1. The Morgan fingerprint density at radius 3 is 2.74 bits per heavy atom. The van der Waals surface area contributed by atoms with Crippen molar-refractivity contribution in [3.8, 4) is 5.75 Å². The van der Waals surface area contributed by atoms with Crippen molar-refractivity contribution in [2.24, 2.45) is 0 Å². The smallest absolute Gasteiger partial charge is 0.251 e. The molecule has 0 fully saturated rings. The number of rotatable bonds is 7. The van der Waals surface area contributed by atoms with Crippen LogP contribution in [-0.4, -0.2) is 36.4 Å². The molecule has 8 nitrogen and oxygen atoms in total. The van der Waals surface area contributed by atoms with Crippen molar-refractivity contribution in [2.75, 3.05) is 6.54 Å². The van der Waals surface area contributed by atoms with Gasteiger partial charge in [0.15, 0.2) is 5.65 Å². The van der Waals surface area contributed by atoms with Crippen LogP contribution in [0.1, 0.15) is 21.9 Å². The Bertz CT molecular complexity index is 1320. The summed E-state index contributed by atoms with van der Waals surface area (Å²) in [4.78, 5) is 17.1. The molecule has 1 N–H and O–H groups in total. The lowest BCUT2D eigenvalue weighted by Gasteiger charge is -2.08. The summed E-state index contributed by atoms with van der Waals surface area (Å²) in [7, 11) is 0. The summed E-state index contributed by atoms with van der Waals surface area (Å²) < 4.78 is 9.71. The molecule has 4 aromatic heterocycles. The predicted molar refractivity (Wildman–Crippen MR) is 115 cm³/mol. The number of nitrogens with zero attached hydrogens (tertiary/aromatic N) is 5. The molecular weight excluding hydrogens is 392 g/mol. The van der Waals surface area contributed by atoms with Crippen molar-refractivity contribution in [3.05, 3.63) is 96.3 Å². The molecule has 0 atom stereocenters. The minimum Gasteiger partial charge on any atom is -0.487 e. The van der Waals surface area contributed by atoms with Gasteiger partial charge in [-0.25, -0.2) is 4.98 Å². The number of hydrogen-bond donors (Lipinski definition) is 1. The molecule has 0 aliphatic heterocycles. The first kappa shape index (κ1) is 18.8. The molecule has 8 heteroatoms. The summed E-state index contributed by atoms with van der Waals surface area (Å²) in [6.45, 7) is 0.785. The molecule has 0 radical (unpaired) electrons. The van der Waals surface area contributed by atoms with Gasteiger partial charge < -0.3 is 14.5 Å². The first-order chi connectivity index (χ1) is 15.3. The zero-order chi connectivity index (χ0) is 21.0. The van der Waals surface area contributed by atoms with E-state index in [2.05, 4.69) is 20.5 Å². The minimum absolute atomic E-state index is 0.160. The number of amides is 1. The molecule has 1 amide bonds. The Balaban J connectivity index is 1.18. The molecule has 0 saturated heterocycles. The second-order valence-corrected chi connectivity index (χ2v) is 7.07. The molecule has 154 valence electrons. The highest BCUT2D eigenvalue weighted by atomic mass is 16.5. The van der Waals surface area contributed by atoms with Gasteiger partial charge >= 0.3 is 0 Å². The molecule has 5 aromatic rings. The van der Waals surface area contributed by atoms with E-state index >= 15 is 0 Å². The van der Waals surface area contributed by atoms with Gasteiger partial charge in [0, 0.05) is 37.1 Å². The fourth-order valence-electron chi connectivity index (χ4n) is 3.39. The third-order valence-corrected chi connectivity index (χ3v) is 4.92. The molecule has 0 saturated carbocycles. The van der Waals surface area contributed by atoms with E-state index < -0.39 is 0 Å². The molecule has 31 heavy (non-hydrogen) atoms. The Kier molecular flexibility index (Phi) is 5.02. The number of pyridine rings is 2. The normalized spacial score (nSPS) is 11.1. The van der Waals surface area contributed by atoms with E-state index in [4.69, 9.17) is 4.74 Å². The van der Waals surface area contributed by atoms with Crippen LogP contribution in [0.25, 0.3) is 11.3 Å². The van der Waals surface area contributed by atoms with Gasteiger partial charge in [-0.2, -0.15) is 0 Å². The fraction of sp³-hybridized carbons (Fsp3) is 0.130. The summed E-state index contributed by atoms with van der Waals surface area (Å²) in [5, 5.41) is 11.2. The predicted octanol–water partition coefficient (Wildman–Crippen LogP) is 2.93. The van der Waals surface area contributed by atoms with E-state index in [9.17, 15) is 4.79 Å². The van der Waals surface area contributed by atoms with Crippen LogP contribution in [-0.2, 0) is 13.0 Å². The van der Waals surface area contributed by atoms with Crippen molar-refractivity contribution < 1.29 is 9.53 Å². The van der Waals surface area contributed by atoms with Gasteiger partial charge in [-0.3, -0.25) is 9.20 Å². The number of aromatic nitrogens is 5. The number of carbonyl (C=O) groups excluding carboxylic acids is 1. The summed E-state index contributed by atoms with van der Waals surface area (Å²) in [5.41, 5.74) is 3.02. The van der Waals surface area contributed by atoms with Gasteiger partial charge in [0.2, 0.25) is 0 Å². The van der Waals surface area contributed by atoms with Gasteiger partial charge in [0.05, 0.1) is 5.69 Å². The van der Waals surface area contributed by atoms with Crippen molar-refractivity contribution in [3.63, 3.8) is 0 Å². The van der Waals surface area contributed by atoms with Gasteiger partial charge in [-0.15, -0.1) is 10.2 Å². The highest BCUT2D eigenvalue weighted by Crippen LogP contribution is 2.15. The van der Waals surface area contributed by atoms with Crippen LogP contribution in [0.3, 0.4) is 0 Å². The maximum Gasteiger partial charge on any atom is 0.251 e. The highest BCUT2D eigenvalue weighted by molar-refractivity contribution is 5.94. The Morgan fingerprint density at radius 1 is 0.968 bits per heavy atom. The van der Waals surface area contributed by atoms with Crippen LogP contribution in [0.2, 0.25) is 0 Å². The molecule has 0 aliphatic carbocycles. The number of hydrogen-bond acceptors (Lipinski definition) is 5. The topological polar surface area (TPSA) is 85.8 Å². The lowest BCUT2D eigenvalue weighted by Crippen LogP contribution is -2.26. The van der Waals surface area contributed by atoms with E-state index in [1.165, 1.54) is 0 Å². The molecule has 0 aliphatic rings. The van der Waals surface area contributed by atoms with Crippen molar-refractivity contribution >= 4 is 17.2 Å². The SMILES string of the molecule is O=C(NCCc1nnc2ccccn12)c1cccc(OCc2cn3ccccc3n2)c1. The fourth-order valence-corrected chi connectivity index (χ4v) is 3.39. The summed E-state index contributed by atoms with van der Waals surface area (Å²) in [5.74, 6) is 1.26. The summed E-state index contributed by atoms with van der Waals surface area (Å²) >= 11 is 0. The number of nitrogens with one attached hydrogen (secondary N) is 1. The summed E-state index contributed by atoms with van der Waals surface area (Å²) in [6.07, 6.45) is 6.37. The first-order valence-electron chi connectivity index (χ1n) is 9.98. The Hall–Kier alpha value is -4.20. The second kappa shape index (κ2) is 8.27.